The number of amides is 3. The number of hydrazone groups is 1. The predicted molar refractivity (Wildman–Crippen MR) is 102 cm³/mol. The molecule has 0 bridgehead atoms. The van der Waals surface area contributed by atoms with Crippen LogP contribution in [-0.4, -0.2) is 38.5 Å². The largest absolute Gasteiger partial charge is 0.346 e. The number of benzene rings is 1. The fraction of sp³-hybridized carbons (Fsp3) is 0.400. The number of aromatic nitrogens is 2. The average Bonchev–Trinajstić information content (AvgIpc) is 3.08. The molecule has 140 valence electrons. The maximum atomic E-state index is 12.8. The minimum atomic E-state index is -0.759. The van der Waals surface area contributed by atoms with Crippen molar-refractivity contribution in [3.63, 3.8) is 0 Å². The van der Waals surface area contributed by atoms with Gasteiger partial charge in [-0.15, -0.1) is 5.01 Å². The zero-order valence-corrected chi connectivity index (χ0v) is 15.6. The summed E-state index contributed by atoms with van der Waals surface area (Å²) in [5.74, 6) is -0.241. The molecule has 1 spiro atoms. The Morgan fingerprint density at radius 2 is 1.81 bits per heavy atom. The first kappa shape index (κ1) is 17.5. The third kappa shape index (κ3) is 2.93. The van der Waals surface area contributed by atoms with Crippen LogP contribution in [0.3, 0.4) is 0 Å². The van der Waals surface area contributed by atoms with Crippen molar-refractivity contribution in [3.05, 3.63) is 47.3 Å². The Morgan fingerprint density at radius 3 is 2.52 bits per heavy atom. The minimum absolute atomic E-state index is 0.241. The lowest BCUT2D eigenvalue weighted by molar-refractivity contribution is -0.132. The van der Waals surface area contributed by atoms with E-state index < -0.39 is 11.6 Å². The maximum absolute atomic E-state index is 12.8. The second-order valence-electron chi connectivity index (χ2n) is 7.27. The Morgan fingerprint density at radius 1 is 1.11 bits per heavy atom. The first-order valence-electron chi connectivity index (χ1n) is 9.34. The summed E-state index contributed by atoms with van der Waals surface area (Å²) in [4.78, 5) is 25.2. The van der Waals surface area contributed by atoms with Gasteiger partial charge in [-0.05, 0) is 38.8 Å². The summed E-state index contributed by atoms with van der Waals surface area (Å²) in [7, 11) is 0. The van der Waals surface area contributed by atoms with Crippen LogP contribution in [0.5, 0.6) is 0 Å². The molecule has 1 aromatic heterocycles. The van der Waals surface area contributed by atoms with Gasteiger partial charge in [0.2, 0.25) is 0 Å². The van der Waals surface area contributed by atoms with E-state index in [-0.39, 0.29) is 5.91 Å². The number of hydrogen-bond donors (Lipinski definition) is 1. The lowest BCUT2D eigenvalue weighted by Crippen LogP contribution is -2.48. The molecule has 7 heteroatoms. The van der Waals surface area contributed by atoms with Gasteiger partial charge in [0.05, 0.1) is 23.3 Å². The number of nitrogens with zero attached hydrogens (tertiary/aromatic N) is 4. The van der Waals surface area contributed by atoms with Crippen LogP contribution in [0.25, 0.3) is 5.69 Å². The third-order valence-corrected chi connectivity index (χ3v) is 5.50. The van der Waals surface area contributed by atoms with E-state index in [4.69, 9.17) is 0 Å². The van der Waals surface area contributed by atoms with E-state index in [1.165, 1.54) is 0 Å². The Bertz CT molecular complexity index is 910. The summed E-state index contributed by atoms with van der Waals surface area (Å²) in [5, 5.41) is 12.6. The SMILES string of the molecule is Cc1nn(-c2ccccc2)c(C)c1/C=N/N1C(=O)NC2(CCCCC2)C1=O. The van der Waals surface area contributed by atoms with Crippen molar-refractivity contribution in [1.82, 2.24) is 20.1 Å². The Balaban J connectivity index is 1.61. The molecule has 4 rings (SSSR count). The van der Waals surface area contributed by atoms with Crippen molar-refractivity contribution >= 4 is 18.2 Å². The fourth-order valence-electron chi connectivity index (χ4n) is 3.98. The van der Waals surface area contributed by atoms with Crippen LogP contribution < -0.4 is 5.32 Å². The molecule has 1 aromatic carbocycles. The number of aryl methyl sites for hydroxylation is 1. The van der Waals surface area contributed by atoms with Crippen molar-refractivity contribution in [1.29, 1.82) is 0 Å². The summed E-state index contributed by atoms with van der Waals surface area (Å²) in [6, 6.07) is 9.38. The van der Waals surface area contributed by atoms with Crippen LogP contribution in [0, 0.1) is 13.8 Å². The summed E-state index contributed by atoms with van der Waals surface area (Å²) < 4.78 is 1.84. The highest BCUT2D eigenvalue weighted by molar-refractivity contribution is 6.07. The molecule has 2 aromatic rings. The topological polar surface area (TPSA) is 79.6 Å². The zero-order valence-electron chi connectivity index (χ0n) is 15.6. The van der Waals surface area contributed by atoms with Gasteiger partial charge in [-0.1, -0.05) is 37.5 Å². The van der Waals surface area contributed by atoms with Crippen LogP contribution >= 0.6 is 0 Å². The standard InChI is InChI=1S/C20H23N5O2/c1-14-17(15(2)24(23-14)16-9-5-3-6-10-16)13-21-25-18(26)20(22-19(25)27)11-7-4-8-12-20/h3,5-6,9-10,13H,4,7-8,11-12H2,1-2H3,(H,22,27)/b21-13+. The Hall–Kier alpha value is -2.96. The number of carbonyl (C=O) groups excluding carboxylic acids is 2. The number of carbonyl (C=O) groups is 2. The monoisotopic (exact) mass is 365 g/mol. The van der Waals surface area contributed by atoms with Crippen LogP contribution in [0.1, 0.15) is 49.1 Å². The molecule has 1 aliphatic heterocycles. The number of urea groups is 1. The lowest BCUT2D eigenvalue weighted by Gasteiger charge is -2.29. The second-order valence-corrected chi connectivity index (χ2v) is 7.27. The first-order chi connectivity index (χ1) is 13.0. The normalized spacial score (nSPS) is 19.3. The molecule has 2 fully saturated rings. The molecule has 1 N–H and O–H groups in total. The highest BCUT2D eigenvalue weighted by Gasteiger charge is 2.51. The van der Waals surface area contributed by atoms with Crippen LogP contribution in [-0.2, 0) is 4.79 Å². The van der Waals surface area contributed by atoms with Crippen molar-refractivity contribution in [2.24, 2.45) is 5.10 Å². The summed E-state index contributed by atoms with van der Waals surface area (Å²) in [6.07, 6.45) is 5.94. The number of nitrogens with one attached hydrogen (secondary N) is 1. The predicted octanol–water partition coefficient (Wildman–Crippen LogP) is 3.08. The molecule has 2 aliphatic rings. The Labute approximate surface area is 158 Å². The van der Waals surface area contributed by atoms with Gasteiger partial charge in [0, 0.05) is 5.56 Å². The van der Waals surface area contributed by atoms with Gasteiger partial charge in [-0.25, -0.2) is 9.48 Å². The third-order valence-electron chi connectivity index (χ3n) is 5.50. The van der Waals surface area contributed by atoms with Gasteiger partial charge in [0.25, 0.3) is 5.91 Å². The van der Waals surface area contributed by atoms with Crippen LogP contribution in [0.15, 0.2) is 35.4 Å². The number of imide groups is 1. The van der Waals surface area contributed by atoms with Crippen molar-refractivity contribution in [2.45, 2.75) is 51.5 Å². The van der Waals surface area contributed by atoms with E-state index in [1.54, 1.807) is 6.21 Å². The van der Waals surface area contributed by atoms with Crippen LogP contribution in [0.4, 0.5) is 4.79 Å². The van der Waals surface area contributed by atoms with Crippen LogP contribution in [0.2, 0.25) is 0 Å². The van der Waals surface area contributed by atoms with E-state index in [1.807, 2.05) is 48.9 Å². The van der Waals surface area contributed by atoms with Crippen molar-refractivity contribution in [3.8, 4) is 5.69 Å². The smallest absolute Gasteiger partial charge is 0.321 e. The highest BCUT2D eigenvalue weighted by Crippen LogP contribution is 2.33. The summed E-state index contributed by atoms with van der Waals surface area (Å²) in [6.45, 7) is 3.84. The maximum Gasteiger partial charge on any atom is 0.346 e. The molecule has 0 atom stereocenters. The first-order valence-corrected chi connectivity index (χ1v) is 9.34. The minimum Gasteiger partial charge on any atom is -0.321 e. The van der Waals surface area contributed by atoms with Gasteiger partial charge >= 0.3 is 6.03 Å². The van der Waals surface area contributed by atoms with E-state index in [0.29, 0.717) is 12.8 Å². The number of hydrogen-bond acceptors (Lipinski definition) is 4. The highest BCUT2D eigenvalue weighted by atomic mass is 16.2. The van der Waals surface area contributed by atoms with Crippen molar-refractivity contribution in [2.75, 3.05) is 0 Å². The molecule has 0 radical (unpaired) electrons. The summed E-state index contributed by atoms with van der Waals surface area (Å²) >= 11 is 0. The Kier molecular flexibility index (Phi) is 4.30. The molecule has 2 heterocycles. The fourth-order valence-corrected chi connectivity index (χ4v) is 3.98. The molecule has 7 nitrogen and oxygen atoms in total. The van der Waals surface area contributed by atoms with E-state index in [2.05, 4.69) is 15.5 Å². The molecular weight excluding hydrogens is 342 g/mol. The number of para-hydroxylation sites is 1. The molecular formula is C20H23N5O2. The quantitative estimate of drug-likeness (QED) is 0.670. The molecule has 0 unspecified atom stereocenters. The van der Waals surface area contributed by atoms with Gasteiger partial charge in [0.1, 0.15) is 5.54 Å². The van der Waals surface area contributed by atoms with Gasteiger partial charge < -0.3 is 5.32 Å². The second kappa shape index (κ2) is 6.64. The molecule has 1 saturated heterocycles. The van der Waals surface area contributed by atoms with Gasteiger partial charge in [-0.2, -0.15) is 10.2 Å². The van der Waals surface area contributed by atoms with Gasteiger partial charge in [-0.3, -0.25) is 4.79 Å². The average molecular weight is 365 g/mol. The van der Waals surface area contributed by atoms with E-state index in [0.717, 1.165) is 46.9 Å². The van der Waals surface area contributed by atoms with E-state index in [9.17, 15) is 9.59 Å². The van der Waals surface area contributed by atoms with Crippen molar-refractivity contribution < 1.29 is 9.59 Å². The molecule has 27 heavy (non-hydrogen) atoms. The summed E-state index contributed by atoms with van der Waals surface area (Å²) in [5.41, 5.74) is 2.70. The molecule has 1 saturated carbocycles. The van der Waals surface area contributed by atoms with E-state index >= 15 is 0 Å². The molecule has 1 aliphatic carbocycles. The lowest BCUT2D eigenvalue weighted by atomic mass is 9.82. The number of rotatable bonds is 3. The zero-order chi connectivity index (χ0) is 19.0. The molecule has 3 amide bonds. The van der Waals surface area contributed by atoms with Gasteiger partial charge in [0.15, 0.2) is 0 Å².